The van der Waals surface area contributed by atoms with E-state index in [0.29, 0.717) is 36.1 Å². The van der Waals surface area contributed by atoms with Crippen molar-refractivity contribution >= 4 is 5.95 Å². The second-order valence-electron chi connectivity index (χ2n) is 10.2. The molecular formula is C27H29F8N5O. The molecule has 1 fully saturated rings. The topological polar surface area (TPSA) is 56.1 Å². The first-order valence-corrected chi connectivity index (χ1v) is 13.0. The van der Waals surface area contributed by atoms with Crippen LogP contribution in [0.2, 0.25) is 0 Å². The fourth-order valence-electron chi connectivity index (χ4n) is 5.34. The standard InChI is InChI=1S/C27H29F8N5O/c1-39-37-24(36-38-39)40(15-17-11-20(26(30,31)32)14-21(12-17)27(33,34)35)16-19-13-18(23(28)29)7-8-22(19)25(41-2)9-5-3-4-6-10-25/h7-8,11-14,23H,3-6,9-10,15-16H2,1-2H3. The number of alkyl halides is 8. The maximum Gasteiger partial charge on any atom is 0.416 e. The predicted octanol–water partition coefficient (Wildman–Crippen LogP) is 7.59. The zero-order valence-electron chi connectivity index (χ0n) is 22.4. The molecule has 1 saturated carbocycles. The molecule has 0 unspecified atom stereocenters. The number of aromatic nitrogens is 4. The van der Waals surface area contributed by atoms with Gasteiger partial charge in [-0.3, -0.25) is 0 Å². The van der Waals surface area contributed by atoms with Crippen LogP contribution in [0.25, 0.3) is 0 Å². The lowest BCUT2D eigenvalue weighted by Gasteiger charge is -2.35. The second-order valence-corrected chi connectivity index (χ2v) is 10.2. The number of methoxy groups -OCH3 is 1. The molecule has 224 valence electrons. The van der Waals surface area contributed by atoms with Gasteiger partial charge in [-0.1, -0.05) is 42.9 Å². The number of tetrazole rings is 1. The van der Waals surface area contributed by atoms with E-state index in [1.807, 2.05) is 0 Å². The maximum atomic E-state index is 13.8. The normalized spacial score (nSPS) is 16.2. The van der Waals surface area contributed by atoms with Crippen LogP contribution in [0, 0.1) is 0 Å². The zero-order valence-corrected chi connectivity index (χ0v) is 22.4. The monoisotopic (exact) mass is 591 g/mol. The summed E-state index contributed by atoms with van der Waals surface area (Å²) >= 11 is 0. The molecule has 0 aliphatic heterocycles. The van der Waals surface area contributed by atoms with Crippen LogP contribution in [0.15, 0.2) is 36.4 Å². The summed E-state index contributed by atoms with van der Waals surface area (Å²) in [6.07, 6.45) is -8.01. The van der Waals surface area contributed by atoms with Gasteiger partial charge in [0.15, 0.2) is 0 Å². The molecule has 0 N–H and O–H groups in total. The average molecular weight is 592 g/mol. The van der Waals surface area contributed by atoms with Gasteiger partial charge in [-0.05, 0) is 59.0 Å². The van der Waals surface area contributed by atoms with Crippen LogP contribution in [0.1, 0.15) is 78.3 Å². The fraction of sp³-hybridized carbons (Fsp3) is 0.519. The highest BCUT2D eigenvalue weighted by atomic mass is 19.4. The third kappa shape index (κ3) is 7.14. The molecule has 41 heavy (non-hydrogen) atoms. The summed E-state index contributed by atoms with van der Waals surface area (Å²) in [5.74, 6) is -0.0980. The average Bonchev–Trinajstić information content (AvgIpc) is 3.19. The van der Waals surface area contributed by atoms with Crippen LogP contribution in [0.3, 0.4) is 0 Å². The molecule has 1 aromatic heterocycles. The molecule has 6 nitrogen and oxygen atoms in total. The number of benzene rings is 2. The maximum absolute atomic E-state index is 13.8. The molecule has 0 amide bonds. The summed E-state index contributed by atoms with van der Waals surface area (Å²) in [4.78, 5) is 2.39. The molecule has 0 spiro atoms. The van der Waals surface area contributed by atoms with Crippen molar-refractivity contribution in [3.05, 3.63) is 69.8 Å². The predicted molar refractivity (Wildman–Crippen MR) is 133 cm³/mol. The number of anilines is 1. The number of ether oxygens (including phenoxy) is 1. The highest BCUT2D eigenvalue weighted by Crippen LogP contribution is 2.42. The molecule has 3 aromatic rings. The van der Waals surface area contributed by atoms with Gasteiger partial charge in [-0.15, -0.1) is 5.10 Å². The van der Waals surface area contributed by atoms with E-state index in [1.54, 1.807) is 13.2 Å². The van der Waals surface area contributed by atoms with Crippen LogP contribution >= 0.6 is 0 Å². The van der Waals surface area contributed by atoms with E-state index in [1.165, 1.54) is 24.1 Å². The molecule has 0 saturated heterocycles. The van der Waals surface area contributed by atoms with Crippen molar-refractivity contribution in [1.82, 2.24) is 20.2 Å². The van der Waals surface area contributed by atoms with Crippen molar-refractivity contribution in [2.75, 3.05) is 12.0 Å². The number of nitrogens with zero attached hydrogens (tertiary/aromatic N) is 5. The first-order chi connectivity index (χ1) is 19.2. The van der Waals surface area contributed by atoms with Crippen molar-refractivity contribution in [3.63, 3.8) is 0 Å². The molecule has 0 bridgehead atoms. The van der Waals surface area contributed by atoms with Crippen LogP contribution in [0.5, 0.6) is 0 Å². The summed E-state index contributed by atoms with van der Waals surface area (Å²) in [5, 5.41) is 11.7. The van der Waals surface area contributed by atoms with Gasteiger partial charge in [0.1, 0.15) is 0 Å². The Balaban J connectivity index is 1.82. The Morgan fingerprint density at radius 1 is 0.902 bits per heavy atom. The SMILES string of the molecule is COC1(c2ccc(C(F)F)cc2CN(Cc2cc(C(F)(F)F)cc(C(F)(F)F)c2)c2nnn(C)n2)CCCCCC1. The number of aryl methyl sites for hydroxylation is 1. The van der Waals surface area contributed by atoms with Gasteiger partial charge in [0, 0.05) is 25.8 Å². The van der Waals surface area contributed by atoms with Gasteiger partial charge in [0.05, 0.1) is 23.8 Å². The van der Waals surface area contributed by atoms with Crippen LogP contribution < -0.4 is 4.90 Å². The molecular weight excluding hydrogens is 562 g/mol. The summed E-state index contributed by atoms with van der Waals surface area (Å²) in [7, 11) is 2.98. The van der Waals surface area contributed by atoms with Crippen LogP contribution in [-0.4, -0.2) is 27.3 Å². The number of halogens is 8. The van der Waals surface area contributed by atoms with Crippen molar-refractivity contribution in [3.8, 4) is 0 Å². The molecule has 0 atom stereocenters. The first-order valence-electron chi connectivity index (χ1n) is 13.0. The van der Waals surface area contributed by atoms with Gasteiger partial charge in [0.2, 0.25) is 0 Å². The van der Waals surface area contributed by atoms with Gasteiger partial charge >= 0.3 is 12.4 Å². The zero-order chi connectivity index (χ0) is 30.0. The molecule has 0 radical (unpaired) electrons. The minimum absolute atomic E-state index is 0.0486. The van der Waals surface area contributed by atoms with Crippen LogP contribution in [-0.2, 0) is 42.8 Å². The third-order valence-electron chi connectivity index (χ3n) is 7.34. The smallest absolute Gasteiger partial charge is 0.374 e. The minimum atomic E-state index is -5.03. The van der Waals surface area contributed by atoms with Crippen molar-refractivity contribution in [2.45, 2.75) is 76.0 Å². The Bertz CT molecular complexity index is 1300. The highest BCUT2D eigenvalue weighted by molar-refractivity contribution is 5.42. The van der Waals surface area contributed by atoms with Crippen molar-refractivity contribution in [2.24, 2.45) is 7.05 Å². The van der Waals surface area contributed by atoms with Crippen molar-refractivity contribution < 1.29 is 39.9 Å². The van der Waals surface area contributed by atoms with E-state index in [2.05, 4.69) is 15.4 Å². The van der Waals surface area contributed by atoms with E-state index < -0.39 is 42.1 Å². The molecule has 1 aliphatic carbocycles. The number of rotatable bonds is 8. The highest BCUT2D eigenvalue weighted by Gasteiger charge is 2.38. The summed E-state index contributed by atoms with van der Waals surface area (Å²) in [6, 6.07) is 5.46. The summed E-state index contributed by atoms with van der Waals surface area (Å²) < 4.78 is 115. The van der Waals surface area contributed by atoms with E-state index in [0.717, 1.165) is 30.5 Å². The largest absolute Gasteiger partial charge is 0.416 e. The lowest BCUT2D eigenvalue weighted by atomic mass is 9.82. The van der Waals surface area contributed by atoms with E-state index in [4.69, 9.17) is 4.74 Å². The lowest BCUT2D eigenvalue weighted by molar-refractivity contribution is -0.143. The van der Waals surface area contributed by atoms with Gasteiger partial charge in [-0.25, -0.2) is 8.78 Å². The van der Waals surface area contributed by atoms with Crippen molar-refractivity contribution in [1.29, 1.82) is 0 Å². The molecule has 14 heteroatoms. The lowest BCUT2D eigenvalue weighted by Crippen LogP contribution is -2.32. The Hall–Kier alpha value is -3.29. The Kier molecular flexibility index (Phi) is 8.90. The summed E-state index contributed by atoms with van der Waals surface area (Å²) in [6.45, 7) is -0.693. The van der Waals surface area contributed by atoms with E-state index in [9.17, 15) is 35.1 Å². The number of hydrogen-bond acceptors (Lipinski definition) is 5. The van der Waals surface area contributed by atoms with E-state index >= 15 is 0 Å². The van der Waals surface area contributed by atoms with Crippen LogP contribution in [0.4, 0.5) is 41.1 Å². The first kappa shape index (κ1) is 30.7. The Morgan fingerprint density at radius 3 is 2.00 bits per heavy atom. The molecule has 1 aliphatic rings. The molecule has 1 heterocycles. The number of hydrogen-bond donors (Lipinski definition) is 0. The van der Waals surface area contributed by atoms with E-state index in [-0.39, 0.29) is 29.7 Å². The second kappa shape index (κ2) is 11.9. The van der Waals surface area contributed by atoms with Gasteiger partial charge in [-0.2, -0.15) is 31.1 Å². The molecule has 2 aromatic carbocycles. The Morgan fingerprint density at radius 2 is 1.51 bits per heavy atom. The summed E-state index contributed by atoms with van der Waals surface area (Å²) in [5.41, 5.74) is -3.33. The van der Waals surface area contributed by atoms with Gasteiger partial charge < -0.3 is 9.64 Å². The van der Waals surface area contributed by atoms with Gasteiger partial charge in [0.25, 0.3) is 12.4 Å². The Labute approximate surface area is 231 Å². The third-order valence-corrected chi connectivity index (χ3v) is 7.34. The minimum Gasteiger partial charge on any atom is -0.374 e. The quantitative estimate of drug-likeness (QED) is 0.200. The molecule has 4 rings (SSSR count). The fourth-order valence-corrected chi connectivity index (χ4v) is 5.34.